The molecule has 2 aliphatic heterocycles. The van der Waals surface area contributed by atoms with Crippen molar-refractivity contribution < 1.29 is 5.11 Å². The molecule has 5 nitrogen and oxygen atoms in total. The number of rotatable bonds is 1. The van der Waals surface area contributed by atoms with Crippen LogP contribution >= 0.6 is 0 Å². The zero-order chi connectivity index (χ0) is 14.7. The molecule has 22 heavy (non-hydrogen) atoms. The standard InChI is InChI=1S/C17H16N4O/c22-16-13(5-7-20-8-6-19-17(16)20)15-12-4-2-1-3-11(12)14-9-18-10-21(14)15/h1-4,6,8-10,13,15-16,22H,5,7H2/t13-,15-,16+/m1/s1. The third-order valence-corrected chi connectivity index (χ3v) is 5.05. The molecule has 0 radical (unpaired) electrons. The first-order valence-corrected chi connectivity index (χ1v) is 7.65. The molecule has 0 saturated heterocycles. The van der Waals surface area contributed by atoms with Crippen LogP contribution in [-0.4, -0.2) is 24.2 Å². The molecule has 2 aromatic heterocycles. The predicted octanol–water partition coefficient (Wildman–Crippen LogP) is 2.40. The number of aliphatic hydroxyl groups excluding tert-OH is 1. The van der Waals surface area contributed by atoms with Gasteiger partial charge in [0, 0.05) is 30.4 Å². The summed E-state index contributed by atoms with van der Waals surface area (Å²) in [5.74, 6) is 0.897. The van der Waals surface area contributed by atoms with Gasteiger partial charge in [-0.1, -0.05) is 24.3 Å². The van der Waals surface area contributed by atoms with E-state index in [-0.39, 0.29) is 12.0 Å². The molecular weight excluding hydrogens is 276 g/mol. The summed E-state index contributed by atoms with van der Waals surface area (Å²) >= 11 is 0. The van der Waals surface area contributed by atoms with Crippen LogP contribution in [0.15, 0.2) is 49.2 Å². The Bertz CT molecular complexity index is 850. The summed E-state index contributed by atoms with van der Waals surface area (Å²) in [5.41, 5.74) is 3.65. The molecule has 0 fully saturated rings. The zero-order valence-corrected chi connectivity index (χ0v) is 12.0. The maximum absolute atomic E-state index is 10.8. The molecule has 0 unspecified atom stereocenters. The molecule has 0 aliphatic carbocycles. The summed E-state index contributed by atoms with van der Waals surface area (Å²) in [7, 11) is 0. The van der Waals surface area contributed by atoms with Gasteiger partial charge in [0.1, 0.15) is 11.9 Å². The van der Waals surface area contributed by atoms with Crippen molar-refractivity contribution >= 4 is 0 Å². The average Bonchev–Trinajstić information content (AvgIpc) is 3.23. The highest BCUT2D eigenvalue weighted by Crippen LogP contribution is 2.48. The highest BCUT2D eigenvalue weighted by atomic mass is 16.3. The molecule has 1 N–H and O–H groups in total. The van der Waals surface area contributed by atoms with Crippen molar-refractivity contribution in [3.63, 3.8) is 0 Å². The quantitative estimate of drug-likeness (QED) is 0.749. The van der Waals surface area contributed by atoms with E-state index in [0.717, 1.165) is 24.5 Å². The second-order valence-electron chi connectivity index (χ2n) is 6.09. The Morgan fingerprint density at radius 1 is 1.23 bits per heavy atom. The minimum absolute atomic E-state index is 0.117. The highest BCUT2D eigenvalue weighted by Gasteiger charge is 2.41. The van der Waals surface area contributed by atoms with Gasteiger partial charge >= 0.3 is 0 Å². The van der Waals surface area contributed by atoms with Crippen molar-refractivity contribution in [2.75, 3.05) is 0 Å². The topological polar surface area (TPSA) is 55.9 Å². The first-order valence-electron chi connectivity index (χ1n) is 7.65. The number of hydrogen-bond donors (Lipinski definition) is 1. The highest BCUT2D eigenvalue weighted by molar-refractivity contribution is 5.69. The molecule has 4 heterocycles. The van der Waals surface area contributed by atoms with E-state index in [1.54, 1.807) is 6.20 Å². The van der Waals surface area contributed by atoms with Gasteiger partial charge in [0.25, 0.3) is 0 Å². The normalized spacial score (nSPS) is 25.6. The van der Waals surface area contributed by atoms with E-state index in [2.05, 4.69) is 43.4 Å². The van der Waals surface area contributed by atoms with Crippen LogP contribution in [0.2, 0.25) is 0 Å². The minimum Gasteiger partial charge on any atom is -0.385 e. The Morgan fingerprint density at radius 2 is 2.14 bits per heavy atom. The summed E-state index contributed by atoms with van der Waals surface area (Å²) in [4.78, 5) is 8.65. The average molecular weight is 292 g/mol. The van der Waals surface area contributed by atoms with Crippen molar-refractivity contribution in [1.29, 1.82) is 0 Å². The SMILES string of the molecule is O[C@@H]1c2nccn2CC[C@@H]1[C@H]1c2ccccc2-c2cncn21. The number of aryl methyl sites for hydroxylation is 1. The zero-order valence-electron chi connectivity index (χ0n) is 12.0. The van der Waals surface area contributed by atoms with E-state index in [4.69, 9.17) is 0 Å². The Kier molecular flexibility index (Phi) is 2.38. The molecule has 0 amide bonds. The Balaban J connectivity index is 1.65. The smallest absolute Gasteiger partial charge is 0.138 e. The third kappa shape index (κ3) is 1.46. The van der Waals surface area contributed by atoms with Gasteiger partial charge in [-0.15, -0.1) is 0 Å². The van der Waals surface area contributed by atoms with Crippen molar-refractivity contribution in [1.82, 2.24) is 19.1 Å². The second-order valence-corrected chi connectivity index (χ2v) is 6.09. The number of imidazole rings is 2. The van der Waals surface area contributed by atoms with E-state index in [9.17, 15) is 5.11 Å². The maximum atomic E-state index is 10.8. The maximum Gasteiger partial charge on any atom is 0.138 e. The van der Waals surface area contributed by atoms with Gasteiger partial charge in [-0.2, -0.15) is 0 Å². The van der Waals surface area contributed by atoms with E-state index in [1.165, 1.54) is 11.1 Å². The number of aliphatic hydroxyl groups is 1. The molecule has 0 saturated carbocycles. The number of fused-ring (bicyclic) bond motifs is 4. The van der Waals surface area contributed by atoms with Crippen LogP contribution in [0.25, 0.3) is 11.3 Å². The summed E-state index contributed by atoms with van der Waals surface area (Å²) in [5, 5.41) is 10.8. The lowest BCUT2D eigenvalue weighted by molar-refractivity contribution is 0.0514. The van der Waals surface area contributed by atoms with Gasteiger partial charge in [0.05, 0.1) is 24.3 Å². The van der Waals surface area contributed by atoms with Gasteiger partial charge in [0.15, 0.2) is 0 Å². The Morgan fingerprint density at radius 3 is 3.09 bits per heavy atom. The molecular formula is C17H16N4O. The number of benzene rings is 1. The molecule has 3 atom stereocenters. The third-order valence-electron chi connectivity index (χ3n) is 5.05. The first kappa shape index (κ1) is 12.2. The molecule has 3 aromatic rings. The molecule has 0 bridgehead atoms. The number of aromatic nitrogens is 4. The van der Waals surface area contributed by atoms with E-state index >= 15 is 0 Å². The van der Waals surface area contributed by atoms with Crippen molar-refractivity contribution in [2.45, 2.75) is 25.1 Å². The van der Waals surface area contributed by atoms with Gasteiger partial charge < -0.3 is 14.2 Å². The lowest BCUT2D eigenvalue weighted by Gasteiger charge is -2.34. The summed E-state index contributed by atoms with van der Waals surface area (Å²) in [6, 6.07) is 8.57. The van der Waals surface area contributed by atoms with Crippen LogP contribution < -0.4 is 0 Å². The fraction of sp³-hybridized carbons (Fsp3) is 0.294. The monoisotopic (exact) mass is 292 g/mol. The van der Waals surface area contributed by atoms with E-state index < -0.39 is 6.10 Å². The van der Waals surface area contributed by atoms with Crippen LogP contribution in [-0.2, 0) is 6.54 Å². The van der Waals surface area contributed by atoms with Gasteiger partial charge in [0.2, 0.25) is 0 Å². The van der Waals surface area contributed by atoms with Crippen molar-refractivity contribution in [2.24, 2.45) is 5.92 Å². The largest absolute Gasteiger partial charge is 0.385 e. The van der Waals surface area contributed by atoms with Crippen LogP contribution in [0.5, 0.6) is 0 Å². The molecule has 5 heteroatoms. The minimum atomic E-state index is -0.546. The van der Waals surface area contributed by atoms with Gasteiger partial charge in [-0.05, 0) is 12.0 Å². The van der Waals surface area contributed by atoms with Crippen LogP contribution in [0, 0.1) is 5.92 Å². The van der Waals surface area contributed by atoms with Crippen LogP contribution in [0.3, 0.4) is 0 Å². The summed E-state index contributed by atoms with van der Waals surface area (Å²) in [6.45, 7) is 0.903. The van der Waals surface area contributed by atoms with Gasteiger partial charge in [-0.3, -0.25) is 0 Å². The second kappa shape index (κ2) is 4.30. The molecule has 110 valence electrons. The molecule has 5 rings (SSSR count). The molecule has 0 spiro atoms. The Hall–Kier alpha value is -2.40. The fourth-order valence-electron chi connectivity index (χ4n) is 4.05. The summed E-state index contributed by atoms with van der Waals surface area (Å²) in [6.07, 6.45) is 7.89. The molecule has 2 aliphatic rings. The number of nitrogens with zero attached hydrogens (tertiary/aromatic N) is 4. The lowest BCUT2D eigenvalue weighted by atomic mass is 9.84. The first-order chi connectivity index (χ1) is 10.8. The van der Waals surface area contributed by atoms with Crippen molar-refractivity contribution in [3.8, 4) is 11.3 Å². The van der Waals surface area contributed by atoms with Crippen molar-refractivity contribution in [3.05, 3.63) is 60.6 Å². The number of hydrogen-bond acceptors (Lipinski definition) is 3. The Labute approximate surface area is 127 Å². The fourth-order valence-corrected chi connectivity index (χ4v) is 4.05. The van der Waals surface area contributed by atoms with Gasteiger partial charge in [-0.25, -0.2) is 9.97 Å². The van der Waals surface area contributed by atoms with E-state index in [1.807, 2.05) is 18.7 Å². The lowest BCUT2D eigenvalue weighted by Crippen LogP contribution is -2.31. The van der Waals surface area contributed by atoms with E-state index in [0.29, 0.717) is 0 Å². The predicted molar refractivity (Wildman–Crippen MR) is 81.1 cm³/mol. The summed E-state index contributed by atoms with van der Waals surface area (Å²) < 4.78 is 4.26. The van der Waals surface area contributed by atoms with Crippen LogP contribution in [0.1, 0.15) is 30.0 Å². The molecule has 1 aromatic carbocycles. The van der Waals surface area contributed by atoms with Crippen LogP contribution in [0.4, 0.5) is 0 Å².